The van der Waals surface area contributed by atoms with Gasteiger partial charge in [-0.1, -0.05) is 0 Å². The first-order valence-corrected chi connectivity index (χ1v) is 4.33. The predicted octanol–water partition coefficient (Wildman–Crippen LogP) is -0.892. The van der Waals surface area contributed by atoms with Gasteiger partial charge in [0.25, 0.3) is 0 Å². The average molecular weight is 171 g/mol. The highest BCUT2D eigenvalue weighted by atomic mass is 16.2. The maximum absolute atomic E-state index is 11.3. The number of carbonyl (C=O) groups is 1. The third-order valence-corrected chi connectivity index (χ3v) is 2.38. The molecule has 1 aliphatic rings. The number of hydrogen-bond acceptors (Lipinski definition) is 3. The molecule has 0 bridgehead atoms. The van der Waals surface area contributed by atoms with E-state index in [1.54, 1.807) is 4.90 Å². The summed E-state index contributed by atoms with van der Waals surface area (Å²) in [5, 5.41) is 0. The van der Waals surface area contributed by atoms with Crippen LogP contribution in [0, 0.1) is 0 Å². The number of carbonyl (C=O) groups excluding carboxylic acids is 1. The molecule has 1 heterocycles. The van der Waals surface area contributed by atoms with E-state index in [2.05, 4.69) is 11.8 Å². The van der Waals surface area contributed by atoms with Gasteiger partial charge in [-0.25, -0.2) is 0 Å². The van der Waals surface area contributed by atoms with E-state index < -0.39 is 0 Å². The normalized spacial score (nSPS) is 26.4. The Morgan fingerprint density at radius 2 is 2.33 bits per heavy atom. The van der Waals surface area contributed by atoms with E-state index in [0.29, 0.717) is 19.1 Å². The third-order valence-electron chi connectivity index (χ3n) is 2.38. The number of piperazine rings is 1. The standard InChI is InChI=1S/C8H17N3O/c1-7-5-11(4-3-9)6-8(12)10(7)2/h7H,3-6,9H2,1-2H3. The molecule has 0 aromatic carbocycles. The zero-order valence-electron chi connectivity index (χ0n) is 7.79. The van der Waals surface area contributed by atoms with Crippen LogP contribution >= 0.6 is 0 Å². The van der Waals surface area contributed by atoms with Crippen molar-refractivity contribution in [2.75, 3.05) is 33.2 Å². The van der Waals surface area contributed by atoms with E-state index in [1.807, 2.05) is 7.05 Å². The highest BCUT2D eigenvalue weighted by Gasteiger charge is 2.25. The van der Waals surface area contributed by atoms with Crippen LogP contribution < -0.4 is 5.73 Å². The molecule has 0 aromatic rings. The monoisotopic (exact) mass is 171 g/mol. The van der Waals surface area contributed by atoms with Gasteiger partial charge in [0.15, 0.2) is 0 Å². The van der Waals surface area contributed by atoms with Crippen molar-refractivity contribution in [1.82, 2.24) is 9.80 Å². The van der Waals surface area contributed by atoms with Gasteiger partial charge in [0.2, 0.25) is 5.91 Å². The molecule has 0 radical (unpaired) electrons. The van der Waals surface area contributed by atoms with Crippen LogP contribution in [0.15, 0.2) is 0 Å². The molecule has 1 aliphatic heterocycles. The quantitative estimate of drug-likeness (QED) is 0.586. The van der Waals surface area contributed by atoms with Gasteiger partial charge in [-0.2, -0.15) is 0 Å². The summed E-state index contributed by atoms with van der Waals surface area (Å²) in [7, 11) is 1.85. The smallest absolute Gasteiger partial charge is 0.236 e. The molecule has 0 spiro atoms. The molecular weight excluding hydrogens is 154 g/mol. The van der Waals surface area contributed by atoms with Crippen LogP contribution in [0.3, 0.4) is 0 Å². The molecule has 1 atom stereocenters. The fourth-order valence-corrected chi connectivity index (χ4v) is 1.46. The molecule has 2 N–H and O–H groups in total. The lowest BCUT2D eigenvalue weighted by Crippen LogP contribution is -2.54. The lowest BCUT2D eigenvalue weighted by molar-refractivity contribution is -0.137. The number of likely N-dealkylation sites (N-methyl/N-ethyl adjacent to an activating group) is 1. The Bertz CT molecular complexity index is 172. The summed E-state index contributed by atoms with van der Waals surface area (Å²) >= 11 is 0. The van der Waals surface area contributed by atoms with Gasteiger partial charge in [0.05, 0.1) is 6.54 Å². The zero-order valence-corrected chi connectivity index (χ0v) is 7.79. The van der Waals surface area contributed by atoms with Crippen molar-refractivity contribution in [3.05, 3.63) is 0 Å². The molecule has 1 amide bonds. The Hall–Kier alpha value is -0.610. The number of nitrogens with two attached hydrogens (primary N) is 1. The van der Waals surface area contributed by atoms with Crippen LogP contribution in [0.4, 0.5) is 0 Å². The van der Waals surface area contributed by atoms with Crippen LogP contribution in [-0.2, 0) is 4.79 Å². The molecular formula is C8H17N3O. The molecule has 1 unspecified atom stereocenters. The van der Waals surface area contributed by atoms with E-state index in [0.717, 1.165) is 13.1 Å². The van der Waals surface area contributed by atoms with E-state index >= 15 is 0 Å². The molecule has 1 saturated heterocycles. The number of amides is 1. The van der Waals surface area contributed by atoms with Crippen molar-refractivity contribution in [3.8, 4) is 0 Å². The van der Waals surface area contributed by atoms with Crippen LogP contribution in [0.25, 0.3) is 0 Å². The lowest BCUT2D eigenvalue weighted by Gasteiger charge is -2.37. The van der Waals surface area contributed by atoms with E-state index in [1.165, 1.54) is 0 Å². The predicted molar refractivity (Wildman–Crippen MR) is 47.7 cm³/mol. The Morgan fingerprint density at radius 3 is 2.83 bits per heavy atom. The van der Waals surface area contributed by atoms with E-state index in [9.17, 15) is 4.79 Å². The Morgan fingerprint density at radius 1 is 1.67 bits per heavy atom. The Kier molecular flexibility index (Phi) is 3.05. The largest absolute Gasteiger partial charge is 0.341 e. The number of nitrogens with zero attached hydrogens (tertiary/aromatic N) is 2. The minimum absolute atomic E-state index is 0.196. The molecule has 1 rings (SSSR count). The van der Waals surface area contributed by atoms with Crippen molar-refractivity contribution in [2.24, 2.45) is 5.73 Å². The molecule has 0 aliphatic carbocycles. The van der Waals surface area contributed by atoms with Crippen LogP contribution in [0.1, 0.15) is 6.92 Å². The maximum Gasteiger partial charge on any atom is 0.236 e. The van der Waals surface area contributed by atoms with Gasteiger partial charge in [-0.05, 0) is 6.92 Å². The van der Waals surface area contributed by atoms with Gasteiger partial charge in [-0.3, -0.25) is 9.69 Å². The summed E-state index contributed by atoms with van der Waals surface area (Å²) in [6.45, 7) is 4.98. The topological polar surface area (TPSA) is 49.6 Å². The highest BCUT2D eigenvalue weighted by Crippen LogP contribution is 2.06. The summed E-state index contributed by atoms with van der Waals surface area (Å²) in [6.07, 6.45) is 0. The van der Waals surface area contributed by atoms with Gasteiger partial charge in [-0.15, -0.1) is 0 Å². The molecule has 4 nitrogen and oxygen atoms in total. The summed E-state index contributed by atoms with van der Waals surface area (Å²) in [5.74, 6) is 0.196. The third kappa shape index (κ3) is 1.95. The summed E-state index contributed by atoms with van der Waals surface area (Å²) in [6, 6.07) is 0.317. The van der Waals surface area contributed by atoms with Crippen molar-refractivity contribution in [3.63, 3.8) is 0 Å². The summed E-state index contributed by atoms with van der Waals surface area (Å²) < 4.78 is 0. The first kappa shape index (κ1) is 9.48. The zero-order chi connectivity index (χ0) is 9.14. The van der Waals surface area contributed by atoms with E-state index in [4.69, 9.17) is 5.73 Å². The number of hydrogen-bond donors (Lipinski definition) is 1. The van der Waals surface area contributed by atoms with Crippen molar-refractivity contribution in [1.29, 1.82) is 0 Å². The lowest BCUT2D eigenvalue weighted by atomic mass is 10.2. The van der Waals surface area contributed by atoms with Gasteiger partial charge in [0.1, 0.15) is 0 Å². The van der Waals surface area contributed by atoms with Gasteiger partial charge >= 0.3 is 0 Å². The Balaban J connectivity index is 2.48. The van der Waals surface area contributed by atoms with E-state index in [-0.39, 0.29) is 5.91 Å². The summed E-state index contributed by atoms with van der Waals surface area (Å²) in [5.41, 5.74) is 5.42. The minimum atomic E-state index is 0.196. The second kappa shape index (κ2) is 3.87. The van der Waals surface area contributed by atoms with Gasteiger partial charge < -0.3 is 10.6 Å². The minimum Gasteiger partial charge on any atom is -0.341 e. The Labute approximate surface area is 73.3 Å². The second-order valence-corrected chi connectivity index (χ2v) is 3.38. The van der Waals surface area contributed by atoms with Crippen LogP contribution in [0.5, 0.6) is 0 Å². The average Bonchev–Trinajstić information content (AvgIpc) is 2.01. The van der Waals surface area contributed by atoms with Crippen LogP contribution in [-0.4, -0.2) is 55.0 Å². The molecule has 4 heteroatoms. The fraction of sp³-hybridized carbons (Fsp3) is 0.875. The molecule has 1 fully saturated rings. The SMILES string of the molecule is CC1CN(CCN)CC(=O)N1C. The van der Waals surface area contributed by atoms with Crippen molar-refractivity contribution in [2.45, 2.75) is 13.0 Å². The fourth-order valence-electron chi connectivity index (χ4n) is 1.46. The van der Waals surface area contributed by atoms with Crippen molar-refractivity contribution < 1.29 is 4.79 Å². The first-order chi connectivity index (χ1) is 5.65. The summed E-state index contributed by atoms with van der Waals surface area (Å²) in [4.78, 5) is 15.2. The van der Waals surface area contributed by atoms with Crippen molar-refractivity contribution >= 4 is 5.91 Å². The molecule has 12 heavy (non-hydrogen) atoms. The highest BCUT2D eigenvalue weighted by molar-refractivity contribution is 5.79. The number of rotatable bonds is 2. The molecule has 0 aromatic heterocycles. The van der Waals surface area contributed by atoms with Gasteiger partial charge in [0, 0.05) is 32.7 Å². The molecule has 0 saturated carbocycles. The van der Waals surface area contributed by atoms with Crippen LogP contribution in [0.2, 0.25) is 0 Å². The maximum atomic E-state index is 11.3. The molecule has 70 valence electrons. The second-order valence-electron chi connectivity index (χ2n) is 3.38. The first-order valence-electron chi connectivity index (χ1n) is 4.33.